The van der Waals surface area contributed by atoms with Gasteiger partial charge in [-0.1, -0.05) is 24.3 Å². The molecule has 0 spiro atoms. The van der Waals surface area contributed by atoms with Crippen molar-refractivity contribution < 1.29 is 10.0 Å². The summed E-state index contributed by atoms with van der Waals surface area (Å²) >= 11 is 3.32. The first kappa shape index (κ1) is 27.8. The number of non-ortho nitro benzene ring substituents is 1. The third-order valence-electron chi connectivity index (χ3n) is 5.72. The molecule has 6 rings (SSSR count). The summed E-state index contributed by atoms with van der Waals surface area (Å²) in [5.74, 6) is 0. The van der Waals surface area contributed by atoms with Crippen molar-refractivity contribution in [3.05, 3.63) is 106 Å². The molecule has 0 saturated heterocycles. The lowest BCUT2D eigenvalue weighted by Gasteiger charge is -2.02. The Labute approximate surface area is 234 Å². The Morgan fingerprint density at radius 2 is 1.26 bits per heavy atom. The average molecular weight is 557 g/mol. The van der Waals surface area contributed by atoms with Gasteiger partial charge in [0.15, 0.2) is 0 Å². The molecule has 0 aliphatic rings. The molecule has 0 radical (unpaired) electrons. The van der Waals surface area contributed by atoms with Crippen LogP contribution in [0.2, 0.25) is 0 Å². The molecule has 3 N–H and O–H groups in total. The van der Waals surface area contributed by atoms with Gasteiger partial charge in [0.05, 0.1) is 25.4 Å². The number of thiazole rings is 2. The highest BCUT2D eigenvalue weighted by Gasteiger charge is 2.12. The van der Waals surface area contributed by atoms with Crippen LogP contribution in [-0.2, 0) is 0 Å². The van der Waals surface area contributed by atoms with E-state index in [-0.39, 0.29) is 17.2 Å². The van der Waals surface area contributed by atoms with Crippen molar-refractivity contribution in [3.63, 3.8) is 0 Å². The van der Waals surface area contributed by atoms with Gasteiger partial charge in [0.2, 0.25) is 0 Å². The fraction of sp³-hybridized carbons (Fsp3) is 0.133. The number of nitro groups is 1. The van der Waals surface area contributed by atoms with Crippen LogP contribution in [0.5, 0.6) is 0 Å². The van der Waals surface area contributed by atoms with Crippen molar-refractivity contribution in [2.75, 3.05) is 12.3 Å². The predicted molar refractivity (Wildman–Crippen MR) is 163 cm³/mol. The van der Waals surface area contributed by atoms with Gasteiger partial charge in [0.25, 0.3) is 5.69 Å². The summed E-state index contributed by atoms with van der Waals surface area (Å²) in [6.07, 6.45) is 0. The lowest BCUT2D eigenvalue weighted by Crippen LogP contribution is -1.90. The van der Waals surface area contributed by atoms with Crippen molar-refractivity contribution in [3.8, 4) is 21.1 Å². The van der Waals surface area contributed by atoms with Gasteiger partial charge in [-0.25, -0.2) is 9.97 Å². The third-order valence-corrected chi connectivity index (χ3v) is 7.86. The lowest BCUT2D eigenvalue weighted by molar-refractivity contribution is -0.384. The molecule has 0 amide bonds. The second-order valence-electron chi connectivity index (χ2n) is 8.62. The first-order chi connectivity index (χ1) is 18.8. The van der Waals surface area contributed by atoms with Crippen LogP contribution in [0.25, 0.3) is 41.6 Å². The van der Waals surface area contributed by atoms with Crippen molar-refractivity contribution in [1.82, 2.24) is 9.97 Å². The Hall–Kier alpha value is -4.18. The molecule has 198 valence electrons. The number of rotatable bonds is 3. The van der Waals surface area contributed by atoms with Gasteiger partial charge in [0.1, 0.15) is 10.0 Å². The molecule has 0 aliphatic heterocycles. The third kappa shape index (κ3) is 6.64. The van der Waals surface area contributed by atoms with E-state index in [0.717, 1.165) is 42.6 Å². The van der Waals surface area contributed by atoms with Crippen molar-refractivity contribution in [2.24, 2.45) is 0 Å². The average Bonchev–Trinajstić information content (AvgIpc) is 3.53. The number of hydrogen-bond donors (Lipinski definition) is 2. The van der Waals surface area contributed by atoms with Crippen LogP contribution < -0.4 is 5.73 Å². The summed E-state index contributed by atoms with van der Waals surface area (Å²) in [5.41, 5.74) is 12.8. The maximum atomic E-state index is 10.7. The minimum absolute atomic E-state index is 0.113. The molecule has 6 aromatic rings. The largest absolute Gasteiger partial charge is 0.399 e. The van der Waals surface area contributed by atoms with Crippen LogP contribution in [0.3, 0.4) is 0 Å². The molecule has 0 fully saturated rings. The molecule has 0 atom stereocenters. The Kier molecular flexibility index (Phi) is 8.98. The highest BCUT2D eigenvalue weighted by molar-refractivity contribution is 7.22. The van der Waals surface area contributed by atoms with Gasteiger partial charge in [-0.3, -0.25) is 10.1 Å². The van der Waals surface area contributed by atoms with Gasteiger partial charge in [-0.15, -0.1) is 22.7 Å². The second-order valence-corrected chi connectivity index (χ2v) is 10.7. The van der Waals surface area contributed by atoms with E-state index in [9.17, 15) is 10.1 Å². The van der Waals surface area contributed by atoms with Crippen LogP contribution in [0, 0.1) is 24.0 Å². The number of aliphatic hydroxyl groups excluding tert-OH is 1. The van der Waals surface area contributed by atoms with Crippen LogP contribution >= 0.6 is 22.7 Å². The molecular formula is C30H28N4O3S2. The minimum Gasteiger partial charge on any atom is -0.399 e. The number of benzene rings is 4. The second kappa shape index (κ2) is 12.6. The number of nitro benzene ring substituents is 1. The van der Waals surface area contributed by atoms with Gasteiger partial charge in [-0.05, 0) is 80.4 Å². The smallest absolute Gasteiger partial charge is 0.269 e. The van der Waals surface area contributed by atoms with Crippen LogP contribution in [0.1, 0.15) is 18.1 Å². The predicted octanol–water partition coefficient (Wildman–Crippen LogP) is 8.03. The number of nitrogen functional groups attached to an aromatic ring is 1. The fourth-order valence-corrected chi connectivity index (χ4v) is 6.02. The quantitative estimate of drug-likeness (QED) is 0.129. The fourth-order valence-electron chi connectivity index (χ4n) is 3.90. The van der Waals surface area contributed by atoms with Crippen molar-refractivity contribution in [1.29, 1.82) is 0 Å². The number of aryl methyl sites for hydroxylation is 2. The first-order valence-corrected chi connectivity index (χ1v) is 13.9. The molecule has 39 heavy (non-hydrogen) atoms. The van der Waals surface area contributed by atoms with E-state index < -0.39 is 0 Å². The first-order valence-electron chi connectivity index (χ1n) is 12.2. The SMILES string of the molecule is CCO.Cc1cc(N)ccc1-c1nc2ccccc2s1.Cc1cc([N+](=O)[O-])ccc1-c1nc2ccccc2s1. The molecule has 7 nitrogen and oxygen atoms in total. The zero-order valence-electron chi connectivity index (χ0n) is 21.8. The standard InChI is InChI=1S/C14H10N2O2S.C14H12N2S.C2H6O/c1-9-8-10(16(17)18)6-7-11(9)14-15-12-4-2-3-5-13(12)19-14;1-9-8-10(15)6-7-11(9)14-16-12-4-2-3-5-13(12)17-14;1-2-3/h2-8H,1H3;2-8H,15H2,1H3;3H,2H2,1H3. The number of aromatic nitrogens is 2. The van der Waals surface area contributed by atoms with Crippen LogP contribution in [0.4, 0.5) is 11.4 Å². The molecule has 2 aromatic heterocycles. The van der Waals surface area contributed by atoms with E-state index in [1.165, 1.54) is 21.9 Å². The molecule has 4 aromatic carbocycles. The Balaban J connectivity index is 0.000000165. The summed E-state index contributed by atoms with van der Waals surface area (Å²) in [6.45, 7) is 5.87. The summed E-state index contributed by atoms with van der Waals surface area (Å²) in [7, 11) is 0. The molecule has 0 saturated carbocycles. The number of hydrogen-bond acceptors (Lipinski definition) is 8. The zero-order valence-corrected chi connectivity index (χ0v) is 23.4. The van der Waals surface area contributed by atoms with E-state index in [1.807, 2.05) is 67.6 Å². The number of para-hydroxylation sites is 2. The Morgan fingerprint density at radius 1 is 0.795 bits per heavy atom. The highest BCUT2D eigenvalue weighted by Crippen LogP contribution is 2.34. The monoisotopic (exact) mass is 556 g/mol. The van der Waals surface area contributed by atoms with Crippen LogP contribution in [-0.4, -0.2) is 26.6 Å². The number of nitrogens with zero attached hydrogens (tertiary/aromatic N) is 3. The number of aliphatic hydroxyl groups is 1. The number of nitrogens with two attached hydrogens (primary N) is 1. The molecule has 9 heteroatoms. The van der Waals surface area contributed by atoms with Gasteiger partial charge < -0.3 is 10.8 Å². The van der Waals surface area contributed by atoms with Crippen molar-refractivity contribution in [2.45, 2.75) is 20.8 Å². The topological polar surface area (TPSA) is 115 Å². The summed E-state index contributed by atoms with van der Waals surface area (Å²) in [6, 6.07) is 27.0. The van der Waals surface area contributed by atoms with Gasteiger partial charge in [0, 0.05) is 35.6 Å². The highest BCUT2D eigenvalue weighted by atomic mass is 32.1. The summed E-state index contributed by atoms with van der Waals surface area (Å²) < 4.78 is 2.34. The van der Waals surface area contributed by atoms with Crippen LogP contribution in [0.15, 0.2) is 84.9 Å². The van der Waals surface area contributed by atoms with Gasteiger partial charge in [-0.2, -0.15) is 0 Å². The number of anilines is 1. The molecule has 2 heterocycles. The zero-order chi connectivity index (χ0) is 27.9. The maximum Gasteiger partial charge on any atom is 0.269 e. The molecular weight excluding hydrogens is 528 g/mol. The molecule has 0 bridgehead atoms. The normalized spacial score (nSPS) is 10.5. The van der Waals surface area contributed by atoms with E-state index in [2.05, 4.69) is 23.0 Å². The van der Waals surface area contributed by atoms with Crippen molar-refractivity contribution >= 4 is 54.5 Å². The van der Waals surface area contributed by atoms with E-state index in [1.54, 1.807) is 41.7 Å². The molecule has 0 aliphatic carbocycles. The number of fused-ring (bicyclic) bond motifs is 2. The van der Waals surface area contributed by atoms with Gasteiger partial charge >= 0.3 is 0 Å². The summed E-state index contributed by atoms with van der Waals surface area (Å²) in [4.78, 5) is 19.6. The maximum absolute atomic E-state index is 10.7. The lowest BCUT2D eigenvalue weighted by atomic mass is 10.1. The molecule has 0 unspecified atom stereocenters. The summed E-state index contributed by atoms with van der Waals surface area (Å²) in [5, 5.41) is 20.3. The van der Waals surface area contributed by atoms with E-state index in [4.69, 9.17) is 10.8 Å². The Bertz CT molecular complexity index is 1680. The Morgan fingerprint density at radius 3 is 1.69 bits per heavy atom. The van der Waals surface area contributed by atoms with E-state index in [0.29, 0.717) is 0 Å². The van der Waals surface area contributed by atoms with E-state index >= 15 is 0 Å². The minimum atomic E-state index is -0.380.